The number of hydrogen-bond acceptors (Lipinski definition) is 4. The van der Waals surface area contributed by atoms with E-state index in [1.54, 1.807) is 24.9 Å². The molecule has 0 radical (unpaired) electrons. The van der Waals surface area contributed by atoms with Crippen molar-refractivity contribution < 1.29 is 9.53 Å². The maximum atomic E-state index is 11.7. The van der Waals surface area contributed by atoms with Gasteiger partial charge in [0.05, 0.1) is 7.11 Å². The van der Waals surface area contributed by atoms with E-state index in [0.717, 1.165) is 16.2 Å². The molecule has 0 fully saturated rings. The molecule has 104 valence electrons. The third-order valence-corrected chi connectivity index (χ3v) is 3.91. The SMILES string of the molecule is COc1ccc(SCc2ccccc2C(=O)NN)cc1. The van der Waals surface area contributed by atoms with Gasteiger partial charge in [-0.25, -0.2) is 5.84 Å². The highest BCUT2D eigenvalue weighted by atomic mass is 32.2. The Morgan fingerprint density at radius 1 is 1.20 bits per heavy atom. The number of benzene rings is 2. The Morgan fingerprint density at radius 3 is 2.55 bits per heavy atom. The van der Waals surface area contributed by atoms with E-state index in [9.17, 15) is 4.79 Å². The summed E-state index contributed by atoms with van der Waals surface area (Å²) in [5, 5.41) is 0. The maximum Gasteiger partial charge on any atom is 0.265 e. The van der Waals surface area contributed by atoms with Crippen LogP contribution in [0.15, 0.2) is 53.4 Å². The molecule has 2 aromatic rings. The van der Waals surface area contributed by atoms with E-state index < -0.39 is 0 Å². The van der Waals surface area contributed by atoms with Crippen molar-refractivity contribution >= 4 is 17.7 Å². The molecule has 0 atom stereocenters. The topological polar surface area (TPSA) is 64.3 Å². The number of hydrogen-bond donors (Lipinski definition) is 2. The molecule has 2 aromatic carbocycles. The molecular weight excluding hydrogens is 272 g/mol. The molecule has 3 N–H and O–H groups in total. The first kappa shape index (κ1) is 14.4. The number of nitrogen functional groups attached to an aromatic ring is 1. The van der Waals surface area contributed by atoms with Gasteiger partial charge in [0.25, 0.3) is 5.91 Å². The molecule has 0 unspecified atom stereocenters. The summed E-state index contributed by atoms with van der Waals surface area (Å²) >= 11 is 1.66. The molecule has 0 saturated heterocycles. The minimum atomic E-state index is -0.268. The predicted octanol–water partition coefficient (Wildman–Crippen LogP) is 2.59. The molecule has 0 aliphatic rings. The number of carbonyl (C=O) groups excluding carboxylic acids is 1. The standard InChI is InChI=1S/C15H16N2O2S/c1-19-12-6-8-13(9-7-12)20-10-11-4-2-3-5-14(11)15(18)17-16/h2-9H,10,16H2,1H3,(H,17,18). The number of nitrogens with one attached hydrogen (secondary N) is 1. The molecule has 2 rings (SSSR count). The largest absolute Gasteiger partial charge is 0.497 e. The molecule has 5 heteroatoms. The fourth-order valence-electron chi connectivity index (χ4n) is 1.78. The molecule has 0 heterocycles. The summed E-state index contributed by atoms with van der Waals surface area (Å²) in [6.07, 6.45) is 0. The Morgan fingerprint density at radius 2 is 1.90 bits per heavy atom. The lowest BCUT2D eigenvalue weighted by Gasteiger charge is -2.08. The number of methoxy groups -OCH3 is 1. The van der Waals surface area contributed by atoms with Crippen LogP contribution >= 0.6 is 11.8 Å². The van der Waals surface area contributed by atoms with Crippen molar-refractivity contribution in [1.82, 2.24) is 5.43 Å². The summed E-state index contributed by atoms with van der Waals surface area (Å²) in [4.78, 5) is 12.8. The van der Waals surface area contributed by atoms with Crippen LogP contribution in [0.1, 0.15) is 15.9 Å². The van der Waals surface area contributed by atoms with Gasteiger partial charge in [0.1, 0.15) is 5.75 Å². The lowest BCUT2D eigenvalue weighted by Crippen LogP contribution is -2.30. The van der Waals surface area contributed by atoms with Crippen LogP contribution in [0.5, 0.6) is 5.75 Å². The zero-order valence-corrected chi connectivity index (χ0v) is 11.9. The Hall–Kier alpha value is -1.98. The summed E-state index contributed by atoms with van der Waals surface area (Å²) in [5.41, 5.74) is 3.73. The lowest BCUT2D eigenvalue weighted by molar-refractivity contribution is 0.0953. The van der Waals surface area contributed by atoms with Crippen LogP contribution in [-0.2, 0) is 5.75 Å². The number of hydrazine groups is 1. The molecule has 0 aliphatic heterocycles. The van der Waals surface area contributed by atoms with Gasteiger partial charge in [0, 0.05) is 16.2 Å². The average molecular weight is 288 g/mol. The second-order valence-electron chi connectivity index (χ2n) is 4.09. The van der Waals surface area contributed by atoms with E-state index >= 15 is 0 Å². The normalized spacial score (nSPS) is 10.1. The van der Waals surface area contributed by atoms with Crippen molar-refractivity contribution in [3.63, 3.8) is 0 Å². The number of amides is 1. The average Bonchev–Trinajstić information content (AvgIpc) is 2.53. The second-order valence-corrected chi connectivity index (χ2v) is 5.14. The van der Waals surface area contributed by atoms with Crippen LogP contribution in [0.4, 0.5) is 0 Å². The van der Waals surface area contributed by atoms with Crippen LogP contribution in [0.25, 0.3) is 0 Å². The number of nitrogens with two attached hydrogens (primary N) is 1. The zero-order chi connectivity index (χ0) is 14.4. The molecule has 0 aliphatic carbocycles. The Labute approximate surface area is 122 Å². The highest BCUT2D eigenvalue weighted by Crippen LogP contribution is 2.26. The number of thioether (sulfide) groups is 1. The molecule has 1 amide bonds. The fraction of sp³-hybridized carbons (Fsp3) is 0.133. The van der Waals surface area contributed by atoms with Gasteiger partial charge < -0.3 is 4.74 Å². The fourth-order valence-corrected chi connectivity index (χ4v) is 2.68. The van der Waals surface area contributed by atoms with Crippen LogP contribution in [0.3, 0.4) is 0 Å². The zero-order valence-electron chi connectivity index (χ0n) is 11.1. The Bertz CT molecular complexity index is 585. The first-order valence-corrected chi connectivity index (χ1v) is 7.09. The predicted molar refractivity (Wildman–Crippen MR) is 80.7 cm³/mol. The molecule has 0 aromatic heterocycles. The smallest absolute Gasteiger partial charge is 0.265 e. The van der Waals surface area contributed by atoms with Crippen LogP contribution in [0.2, 0.25) is 0 Å². The van der Waals surface area contributed by atoms with Crippen LogP contribution < -0.4 is 16.0 Å². The van der Waals surface area contributed by atoms with Crippen LogP contribution in [0, 0.1) is 0 Å². The van der Waals surface area contributed by atoms with Crippen molar-refractivity contribution in [2.45, 2.75) is 10.6 Å². The van der Waals surface area contributed by atoms with E-state index in [1.807, 2.05) is 42.5 Å². The highest BCUT2D eigenvalue weighted by Gasteiger charge is 2.09. The number of carbonyl (C=O) groups is 1. The van der Waals surface area contributed by atoms with Crippen LogP contribution in [-0.4, -0.2) is 13.0 Å². The first-order chi connectivity index (χ1) is 9.74. The lowest BCUT2D eigenvalue weighted by atomic mass is 10.1. The third kappa shape index (κ3) is 3.53. The van der Waals surface area contributed by atoms with Gasteiger partial charge in [-0.05, 0) is 35.9 Å². The van der Waals surface area contributed by atoms with Gasteiger partial charge >= 0.3 is 0 Å². The minimum Gasteiger partial charge on any atom is -0.497 e. The summed E-state index contributed by atoms with van der Waals surface area (Å²) in [6, 6.07) is 15.3. The van der Waals surface area contributed by atoms with Crippen molar-refractivity contribution in [3.8, 4) is 5.75 Å². The molecular formula is C15H16N2O2S. The van der Waals surface area contributed by atoms with Crippen molar-refractivity contribution in [2.24, 2.45) is 5.84 Å². The first-order valence-electron chi connectivity index (χ1n) is 6.10. The third-order valence-electron chi connectivity index (χ3n) is 2.85. The van der Waals surface area contributed by atoms with Gasteiger partial charge in [-0.3, -0.25) is 10.2 Å². The summed E-state index contributed by atoms with van der Waals surface area (Å²) in [6.45, 7) is 0. The quantitative estimate of drug-likeness (QED) is 0.384. The summed E-state index contributed by atoms with van der Waals surface area (Å²) < 4.78 is 5.12. The minimum absolute atomic E-state index is 0.268. The highest BCUT2D eigenvalue weighted by molar-refractivity contribution is 7.98. The van der Waals surface area contributed by atoms with Gasteiger partial charge in [0.2, 0.25) is 0 Å². The van der Waals surface area contributed by atoms with Gasteiger partial charge in [-0.15, -0.1) is 11.8 Å². The van der Waals surface area contributed by atoms with E-state index in [-0.39, 0.29) is 5.91 Å². The molecule has 20 heavy (non-hydrogen) atoms. The summed E-state index contributed by atoms with van der Waals surface area (Å²) in [5.74, 6) is 6.46. The molecule has 0 spiro atoms. The van der Waals surface area contributed by atoms with Gasteiger partial charge in [0.15, 0.2) is 0 Å². The van der Waals surface area contributed by atoms with Gasteiger partial charge in [-0.1, -0.05) is 18.2 Å². The van der Waals surface area contributed by atoms with E-state index in [2.05, 4.69) is 5.43 Å². The van der Waals surface area contributed by atoms with Gasteiger partial charge in [-0.2, -0.15) is 0 Å². The van der Waals surface area contributed by atoms with E-state index in [4.69, 9.17) is 10.6 Å². The second kappa shape index (κ2) is 6.98. The molecule has 0 bridgehead atoms. The maximum absolute atomic E-state index is 11.7. The van der Waals surface area contributed by atoms with E-state index in [0.29, 0.717) is 11.3 Å². The Kier molecular flexibility index (Phi) is 5.03. The molecule has 0 saturated carbocycles. The van der Waals surface area contributed by atoms with Crippen molar-refractivity contribution in [2.75, 3.05) is 7.11 Å². The summed E-state index contributed by atoms with van der Waals surface area (Å²) in [7, 11) is 1.64. The van der Waals surface area contributed by atoms with Crippen molar-refractivity contribution in [3.05, 3.63) is 59.7 Å². The van der Waals surface area contributed by atoms with Crippen molar-refractivity contribution in [1.29, 1.82) is 0 Å². The van der Waals surface area contributed by atoms with E-state index in [1.165, 1.54) is 0 Å². The Balaban J connectivity index is 2.08. The number of ether oxygens (including phenoxy) is 1. The number of rotatable bonds is 5. The molecule has 4 nitrogen and oxygen atoms in total. The monoisotopic (exact) mass is 288 g/mol.